The summed E-state index contributed by atoms with van der Waals surface area (Å²) in [5, 5.41) is 0. The molecule has 6 heteroatoms. The Balaban J connectivity index is 2.44. The summed E-state index contributed by atoms with van der Waals surface area (Å²) in [6, 6.07) is 4.96. The summed E-state index contributed by atoms with van der Waals surface area (Å²) in [5.41, 5.74) is 3.95. The third-order valence-electron chi connectivity index (χ3n) is 3.28. The van der Waals surface area contributed by atoms with E-state index in [1.165, 1.54) is 12.3 Å². The van der Waals surface area contributed by atoms with Gasteiger partial charge in [-0.3, -0.25) is 5.84 Å². The van der Waals surface area contributed by atoms with Crippen LogP contribution in [0.1, 0.15) is 34.1 Å². The number of nitrogens with two attached hydrogens (primary N) is 1. The fraction of sp³-hybridized carbons (Fsp3) is 0.286. The number of hydrazine groups is 1. The smallest absolute Gasteiger partial charge is 0.416 e. The molecule has 2 rings (SSSR count). The Morgan fingerprint density at radius 3 is 2.30 bits per heavy atom. The number of nitrogens with one attached hydrogen (secondary N) is 1. The maximum absolute atomic E-state index is 12.7. The molecule has 3 N–H and O–H groups in total. The predicted molar refractivity (Wildman–Crippen MR) is 68.8 cm³/mol. The van der Waals surface area contributed by atoms with E-state index in [-0.39, 0.29) is 0 Å². The number of alkyl halides is 3. The van der Waals surface area contributed by atoms with Gasteiger partial charge < -0.3 is 4.42 Å². The second-order valence-corrected chi connectivity index (χ2v) is 4.60. The number of hydrogen-bond acceptors (Lipinski definition) is 3. The molecule has 2 aromatic rings. The quantitative estimate of drug-likeness (QED) is 0.670. The molecule has 1 aromatic heterocycles. The Morgan fingerprint density at radius 2 is 1.85 bits per heavy atom. The molecular weight excluding hydrogens is 269 g/mol. The van der Waals surface area contributed by atoms with E-state index < -0.39 is 17.8 Å². The van der Waals surface area contributed by atoms with Gasteiger partial charge in [-0.05, 0) is 43.2 Å². The minimum absolute atomic E-state index is 0.406. The van der Waals surface area contributed by atoms with E-state index in [0.717, 1.165) is 17.7 Å². The summed E-state index contributed by atoms with van der Waals surface area (Å²) in [7, 11) is 0. The number of hydrogen-bond donors (Lipinski definition) is 2. The monoisotopic (exact) mass is 284 g/mol. The highest BCUT2D eigenvalue weighted by Gasteiger charge is 2.31. The molecule has 20 heavy (non-hydrogen) atoms. The molecule has 0 bridgehead atoms. The molecule has 1 unspecified atom stereocenters. The van der Waals surface area contributed by atoms with Crippen molar-refractivity contribution in [1.82, 2.24) is 5.43 Å². The molecule has 0 spiro atoms. The number of aryl methyl sites for hydroxylation is 2. The van der Waals surface area contributed by atoms with Crippen LogP contribution in [0.15, 0.2) is 34.9 Å². The first-order chi connectivity index (χ1) is 9.34. The van der Waals surface area contributed by atoms with Gasteiger partial charge in [0.25, 0.3) is 0 Å². The maximum Gasteiger partial charge on any atom is 0.416 e. The first kappa shape index (κ1) is 14.6. The first-order valence-electron chi connectivity index (χ1n) is 6.02. The van der Waals surface area contributed by atoms with Gasteiger partial charge in [-0.2, -0.15) is 13.2 Å². The van der Waals surface area contributed by atoms with Gasteiger partial charge in [0.15, 0.2) is 0 Å². The Labute approximate surface area is 114 Å². The molecule has 1 atom stereocenters. The first-order valence-corrected chi connectivity index (χ1v) is 6.02. The summed E-state index contributed by atoms with van der Waals surface area (Å²) < 4.78 is 43.2. The molecule has 0 aliphatic heterocycles. The Morgan fingerprint density at radius 1 is 1.15 bits per heavy atom. The summed E-state index contributed by atoms with van der Waals surface area (Å²) in [4.78, 5) is 0. The average molecular weight is 284 g/mol. The van der Waals surface area contributed by atoms with Crippen molar-refractivity contribution in [3.05, 3.63) is 58.5 Å². The number of benzene rings is 1. The topological polar surface area (TPSA) is 51.2 Å². The van der Waals surface area contributed by atoms with Crippen molar-refractivity contribution < 1.29 is 17.6 Å². The zero-order chi connectivity index (χ0) is 14.9. The molecule has 0 saturated carbocycles. The van der Waals surface area contributed by atoms with E-state index in [9.17, 15) is 13.2 Å². The Hall–Kier alpha value is -1.79. The van der Waals surface area contributed by atoms with Crippen LogP contribution in [-0.4, -0.2) is 0 Å². The predicted octanol–water partition coefficient (Wildman–Crippen LogP) is 3.47. The summed E-state index contributed by atoms with van der Waals surface area (Å²) in [6.45, 7) is 3.41. The van der Waals surface area contributed by atoms with Crippen LogP contribution in [0.4, 0.5) is 13.2 Å². The molecule has 0 fully saturated rings. The van der Waals surface area contributed by atoms with Gasteiger partial charge in [0, 0.05) is 5.56 Å². The van der Waals surface area contributed by atoms with Crippen LogP contribution >= 0.6 is 0 Å². The zero-order valence-corrected chi connectivity index (χ0v) is 11.1. The van der Waals surface area contributed by atoms with Gasteiger partial charge in [-0.15, -0.1) is 0 Å². The highest BCUT2D eigenvalue weighted by atomic mass is 19.4. The lowest BCUT2D eigenvalue weighted by atomic mass is 9.94. The van der Waals surface area contributed by atoms with Crippen molar-refractivity contribution in [2.45, 2.75) is 26.1 Å². The van der Waals surface area contributed by atoms with E-state index in [0.29, 0.717) is 16.9 Å². The lowest BCUT2D eigenvalue weighted by molar-refractivity contribution is -0.137. The van der Waals surface area contributed by atoms with Crippen LogP contribution in [-0.2, 0) is 6.18 Å². The van der Waals surface area contributed by atoms with Crippen molar-refractivity contribution in [3.8, 4) is 0 Å². The molecule has 3 nitrogen and oxygen atoms in total. The van der Waals surface area contributed by atoms with Gasteiger partial charge in [0.05, 0.1) is 17.9 Å². The average Bonchev–Trinajstić information content (AvgIpc) is 2.77. The molecule has 0 amide bonds. The number of rotatable bonds is 3. The standard InChI is InChI=1S/C14H15F3N2O/c1-8-7-10(14(15,16)17)3-4-11(8)13(19-18)12-5-6-20-9(12)2/h3-7,13,19H,18H2,1-2H3. The fourth-order valence-electron chi connectivity index (χ4n) is 2.22. The molecule has 0 radical (unpaired) electrons. The third kappa shape index (κ3) is 2.71. The van der Waals surface area contributed by atoms with Crippen LogP contribution in [0.25, 0.3) is 0 Å². The van der Waals surface area contributed by atoms with Gasteiger partial charge in [-0.1, -0.05) is 6.07 Å². The van der Waals surface area contributed by atoms with Crippen LogP contribution in [0.5, 0.6) is 0 Å². The van der Waals surface area contributed by atoms with Gasteiger partial charge >= 0.3 is 6.18 Å². The highest BCUT2D eigenvalue weighted by molar-refractivity contribution is 5.40. The normalized spacial score (nSPS) is 13.5. The largest absolute Gasteiger partial charge is 0.469 e. The van der Waals surface area contributed by atoms with Gasteiger partial charge in [-0.25, -0.2) is 5.43 Å². The van der Waals surface area contributed by atoms with E-state index in [2.05, 4.69) is 5.43 Å². The summed E-state index contributed by atoms with van der Waals surface area (Å²) in [5.74, 6) is 6.22. The summed E-state index contributed by atoms with van der Waals surface area (Å²) in [6.07, 6.45) is -2.82. The van der Waals surface area contributed by atoms with Gasteiger partial charge in [0.2, 0.25) is 0 Å². The van der Waals surface area contributed by atoms with Crippen LogP contribution in [0.3, 0.4) is 0 Å². The van der Waals surface area contributed by atoms with Crippen molar-refractivity contribution >= 4 is 0 Å². The lowest BCUT2D eigenvalue weighted by Gasteiger charge is -2.19. The zero-order valence-electron chi connectivity index (χ0n) is 11.1. The van der Waals surface area contributed by atoms with Crippen LogP contribution in [0, 0.1) is 13.8 Å². The Kier molecular flexibility index (Phi) is 3.87. The van der Waals surface area contributed by atoms with E-state index in [4.69, 9.17) is 10.3 Å². The highest BCUT2D eigenvalue weighted by Crippen LogP contribution is 2.33. The second-order valence-electron chi connectivity index (χ2n) is 4.60. The number of halogens is 3. The Bertz CT molecular complexity index is 605. The minimum atomic E-state index is -4.35. The SMILES string of the molecule is Cc1cc(C(F)(F)F)ccc1C(NN)c1ccoc1C. The van der Waals surface area contributed by atoms with Crippen molar-refractivity contribution in [2.75, 3.05) is 0 Å². The van der Waals surface area contributed by atoms with E-state index in [1.807, 2.05) is 0 Å². The molecule has 0 saturated heterocycles. The molecule has 1 heterocycles. The molecular formula is C14H15F3N2O. The maximum atomic E-state index is 12.7. The van der Waals surface area contributed by atoms with Gasteiger partial charge in [0.1, 0.15) is 5.76 Å². The molecule has 0 aliphatic carbocycles. The van der Waals surface area contributed by atoms with Crippen LogP contribution < -0.4 is 11.3 Å². The molecule has 1 aromatic carbocycles. The van der Waals surface area contributed by atoms with Crippen molar-refractivity contribution in [3.63, 3.8) is 0 Å². The lowest BCUT2D eigenvalue weighted by Crippen LogP contribution is -2.29. The van der Waals surface area contributed by atoms with E-state index in [1.54, 1.807) is 19.9 Å². The summed E-state index contributed by atoms with van der Waals surface area (Å²) >= 11 is 0. The van der Waals surface area contributed by atoms with E-state index >= 15 is 0 Å². The van der Waals surface area contributed by atoms with Crippen LogP contribution in [0.2, 0.25) is 0 Å². The molecule has 108 valence electrons. The molecule has 0 aliphatic rings. The van der Waals surface area contributed by atoms with Crippen molar-refractivity contribution in [2.24, 2.45) is 5.84 Å². The second kappa shape index (κ2) is 5.30. The number of furan rings is 1. The fourth-order valence-corrected chi connectivity index (χ4v) is 2.22. The third-order valence-corrected chi connectivity index (χ3v) is 3.28. The van der Waals surface area contributed by atoms with Crippen molar-refractivity contribution in [1.29, 1.82) is 0 Å². The minimum Gasteiger partial charge on any atom is -0.469 e.